The molecule has 2 aliphatic heterocycles. The van der Waals surface area contributed by atoms with Crippen LogP contribution in [0.4, 0.5) is 0 Å². The summed E-state index contributed by atoms with van der Waals surface area (Å²) in [4.78, 5) is 24.3. The highest BCUT2D eigenvalue weighted by molar-refractivity contribution is 7.89. The minimum Gasteiger partial charge on any atom is -0.454 e. The molecule has 1 fully saturated rings. The molecule has 1 atom stereocenters. The SMILES string of the molecule is O=C(NCc1ccc2c(c1)OCO2)C(=O)NCC1OCCN1S(=O)(=O)c1ccc(Cl)cc1. The molecule has 0 saturated carbocycles. The number of fused-ring (bicyclic) bond motifs is 1. The Hall–Kier alpha value is -2.86. The summed E-state index contributed by atoms with van der Waals surface area (Å²) in [5.74, 6) is -0.563. The van der Waals surface area contributed by atoms with E-state index in [1.165, 1.54) is 24.3 Å². The summed E-state index contributed by atoms with van der Waals surface area (Å²) in [5, 5.41) is 5.34. The van der Waals surface area contributed by atoms with Crippen LogP contribution in [0.3, 0.4) is 0 Å². The van der Waals surface area contributed by atoms with Crippen molar-refractivity contribution in [3.8, 4) is 11.5 Å². The number of carbonyl (C=O) groups excluding carboxylic acids is 2. The Labute approximate surface area is 189 Å². The number of carbonyl (C=O) groups is 2. The zero-order valence-corrected chi connectivity index (χ0v) is 18.3. The maximum atomic E-state index is 12.9. The largest absolute Gasteiger partial charge is 0.454 e. The third kappa shape index (κ3) is 4.80. The van der Waals surface area contributed by atoms with Crippen LogP contribution >= 0.6 is 11.6 Å². The predicted molar refractivity (Wildman–Crippen MR) is 113 cm³/mol. The van der Waals surface area contributed by atoms with Gasteiger partial charge in [-0.3, -0.25) is 9.59 Å². The minimum atomic E-state index is -3.85. The smallest absolute Gasteiger partial charge is 0.309 e. The van der Waals surface area contributed by atoms with Gasteiger partial charge in [0.2, 0.25) is 16.8 Å². The molecule has 12 heteroatoms. The fourth-order valence-electron chi connectivity index (χ4n) is 3.26. The van der Waals surface area contributed by atoms with Crippen molar-refractivity contribution in [1.29, 1.82) is 0 Å². The van der Waals surface area contributed by atoms with E-state index >= 15 is 0 Å². The number of nitrogens with one attached hydrogen (secondary N) is 2. The van der Waals surface area contributed by atoms with E-state index in [9.17, 15) is 18.0 Å². The van der Waals surface area contributed by atoms with Crippen molar-refractivity contribution in [2.24, 2.45) is 0 Å². The van der Waals surface area contributed by atoms with Crippen molar-refractivity contribution >= 4 is 33.4 Å². The summed E-state index contributed by atoms with van der Waals surface area (Å²) in [7, 11) is -3.85. The molecule has 2 N–H and O–H groups in total. The highest BCUT2D eigenvalue weighted by Crippen LogP contribution is 2.32. The van der Waals surface area contributed by atoms with Crippen LogP contribution < -0.4 is 20.1 Å². The molecule has 170 valence electrons. The second kappa shape index (κ2) is 9.33. The molecule has 0 spiro atoms. The molecule has 1 saturated heterocycles. The van der Waals surface area contributed by atoms with Crippen molar-refractivity contribution < 1.29 is 32.2 Å². The molecule has 2 aliphatic rings. The third-order valence-corrected chi connectivity index (χ3v) is 7.05. The lowest BCUT2D eigenvalue weighted by atomic mass is 10.2. The summed E-state index contributed by atoms with van der Waals surface area (Å²) < 4.78 is 42.8. The molecule has 2 heterocycles. The molecule has 2 aromatic rings. The Morgan fingerprint density at radius 3 is 2.53 bits per heavy atom. The first-order valence-electron chi connectivity index (χ1n) is 9.68. The fraction of sp³-hybridized carbons (Fsp3) is 0.300. The number of benzene rings is 2. The first-order valence-corrected chi connectivity index (χ1v) is 11.5. The molecule has 32 heavy (non-hydrogen) atoms. The summed E-state index contributed by atoms with van der Waals surface area (Å²) in [6.07, 6.45) is -0.929. The maximum Gasteiger partial charge on any atom is 0.309 e. The van der Waals surface area contributed by atoms with E-state index in [0.29, 0.717) is 16.5 Å². The van der Waals surface area contributed by atoms with Crippen molar-refractivity contribution in [2.75, 3.05) is 26.5 Å². The molecule has 0 bridgehead atoms. The monoisotopic (exact) mass is 481 g/mol. The summed E-state index contributed by atoms with van der Waals surface area (Å²) in [6.45, 7) is 0.371. The Kier molecular flexibility index (Phi) is 6.51. The van der Waals surface area contributed by atoms with Crippen molar-refractivity contribution in [3.63, 3.8) is 0 Å². The lowest BCUT2D eigenvalue weighted by Gasteiger charge is -2.22. The summed E-state index contributed by atoms with van der Waals surface area (Å²) in [5.41, 5.74) is 0.731. The van der Waals surface area contributed by atoms with E-state index in [-0.39, 0.29) is 37.9 Å². The van der Waals surface area contributed by atoms with E-state index in [1.807, 2.05) is 0 Å². The average Bonchev–Trinajstić information content (AvgIpc) is 3.45. The summed E-state index contributed by atoms with van der Waals surface area (Å²) in [6, 6.07) is 10.9. The van der Waals surface area contributed by atoms with Crippen LogP contribution in [0.5, 0.6) is 11.5 Å². The van der Waals surface area contributed by atoms with E-state index in [2.05, 4.69) is 10.6 Å². The number of amides is 2. The zero-order valence-electron chi connectivity index (χ0n) is 16.7. The number of ether oxygens (including phenoxy) is 3. The van der Waals surface area contributed by atoms with Gasteiger partial charge >= 0.3 is 11.8 Å². The number of hydrogen-bond donors (Lipinski definition) is 2. The maximum absolute atomic E-state index is 12.9. The molecule has 2 amide bonds. The second-order valence-electron chi connectivity index (χ2n) is 6.98. The van der Waals surface area contributed by atoms with Gasteiger partial charge in [0, 0.05) is 18.1 Å². The standard InChI is InChI=1S/C20H20ClN3O7S/c21-14-2-4-15(5-3-14)32(27,28)24-7-8-29-18(24)11-23-20(26)19(25)22-10-13-1-6-16-17(9-13)31-12-30-16/h1-6,9,18H,7-8,10-12H2,(H,22,25)(H,23,26). The van der Waals surface area contributed by atoms with Crippen LogP contribution in [0.25, 0.3) is 0 Å². The zero-order chi connectivity index (χ0) is 22.7. The second-order valence-corrected chi connectivity index (χ2v) is 9.30. The van der Waals surface area contributed by atoms with Gasteiger partial charge in [0.05, 0.1) is 18.0 Å². The predicted octanol–water partition coefficient (Wildman–Crippen LogP) is 0.848. The van der Waals surface area contributed by atoms with Crippen molar-refractivity contribution in [1.82, 2.24) is 14.9 Å². The van der Waals surface area contributed by atoms with Gasteiger partial charge < -0.3 is 24.8 Å². The molecule has 0 aromatic heterocycles. The number of rotatable bonds is 6. The van der Waals surface area contributed by atoms with E-state index < -0.39 is 28.1 Å². The average molecular weight is 482 g/mol. The molecular formula is C20H20ClN3O7S. The molecule has 10 nitrogen and oxygen atoms in total. The third-order valence-electron chi connectivity index (χ3n) is 4.90. The van der Waals surface area contributed by atoms with Gasteiger partial charge in [-0.25, -0.2) is 8.42 Å². The first-order chi connectivity index (χ1) is 15.3. The molecule has 4 rings (SSSR count). The molecule has 0 aliphatic carbocycles. The van der Waals surface area contributed by atoms with Crippen LogP contribution in [0.15, 0.2) is 47.4 Å². The Morgan fingerprint density at radius 2 is 1.75 bits per heavy atom. The summed E-state index contributed by atoms with van der Waals surface area (Å²) >= 11 is 5.82. The van der Waals surface area contributed by atoms with Crippen molar-refractivity contribution in [2.45, 2.75) is 17.7 Å². The fourth-order valence-corrected chi connectivity index (χ4v) is 4.89. The van der Waals surface area contributed by atoms with E-state index in [4.69, 9.17) is 25.8 Å². The molecular weight excluding hydrogens is 462 g/mol. The van der Waals surface area contributed by atoms with E-state index in [1.54, 1.807) is 18.2 Å². The van der Waals surface area contributed by atoms with Crippen LogP contribution in [-0.2, 0) is 30.9 Å². The Bertz CT molecular complexity index is 1120. The first kappa shape index (κ1) is 22.3. The topological polar surface area (TPSA) is 123 Å². The Morgan fingerprint density at radius 1 is 1.03 bits per heavy atom. The number of nitrogens with zero attached hydrogens (tertiary/aromatic N) is 1. The van der Waals surface area contributed by atoms with Gasteiger partial charge in [-0.1, -0.05) is 17.7 Å². The van der Waals surface area contributed by atoms with Gasteiger partial charge in [0.15, 0.2) is 11.5 Å². The number of halogens is 1. The highest BCUT2D eigenvalue weighted by atomic mass is 35.5. The van der Waals surface area contributed by atoms with Gasteiger partial charge in [-0.2, -0.15) is 4.31 Å². The van der Waals surface area contributed by atoms with Gasteiger partial charge in [0.1, 0.15) is 6.23 Å². The van der Waals surface area contributed by atoms with Crippen LogP contribution in [0.2, 0.25) is 5.02 Å². The van der Waals surface area contributed by atoms with E-state index in [0.717, 1.165) is 9.87 Å². The van der Waals surface area contributed by atoms with Gasteiger partial charge in [-0.15, -0.1) is 0 Å². The molecule has 2 aromatic carbocycles. The molecule has 0 radical (unpaired) electrons. The molecule has 1 unspecified atom stereocenters. The lowest BCUT2D eigenvalue weighted by molar-refractivity contribution is -0.139. The minimum absolute atomic E-state index is 0.0604. The van der Waals surface area contributed by atoms with Gasteiger partial charge in [0.25, 0.3) is 0 Å². The van der Waals surface area contributed by atoms with Crippen LogP contribution in [0, 0.1) is 0 Å². The highest BCUT2D eigenvalue weighted by Gasteiger charge is 2.36. The Balaban J connectivity index is 1.30. The van der Waals surface area contributed by atoms with Crippen LogP contribution in [0.1, 0.15) is 5.56 Å². The normalized spacial score (nSPS) is 17.8. The lowest BCUT2D eigenvalue weighted by Crippen LogP contribution is -2.47. The quantitative estimate of drug-likeness (QED) is 0.586. The number of sulfonamides is 1. The van der Waals surface area contributed by atoms with Crippen molar-refractivity contribution in [3.05, 3.63) is 53.1 Å². The number of hydrogen-bond acceptors (Lipinski definition) is 7. The van der Waals surface area contributed by atoms with Crippen LogP contribution in [-0.4, -0.2) is 57.3 Å². The van der Waals surface area contributed by atoms with Gasteiger partial charge in [-0.05, 0) is 42.0 Å².